The molecule has 0 N–H and O–H groups in total. The fourth-order valence-electron chi connectivity index (χ4n) is 7.37. The van der Waals surface area contributed by atoms with Crippen molar-refractivity contribution in [1.29, 1.82) is 0 Å². The van der Waals surface area contributed by atoms with Crippen molar-refractivity contribution < 1.29 is 4.42 Å². The van der Waals surface area contributed by atoms with Crippen molar-refractivity contribution in [2.24, 2.45) is 0 Å². The van der Waals surface area contributed by atoms with Crippen LogP contribution in [0.1, 0.15) is 0 Å². The Hall–Kier alpha value is -6.71. The van der Waals surface area contributed by atoms with E-state index in [1.165, 1.54) is 43.8 Å². The maximum absolute atomic E-state index is 6.44. The largest absolute Gasteiger partial charge is 0.455 e. The summed E-state index contributed by atoms with van der Waals surface area (Å²) < 4.78 is 6.44. The fourth-order valence-corrected chi connectivity index (χ4v) is 7.37. The average molecular weight is 639 g/mol. The highest BCUT2D eigenvalue weighted by molar-refractivity contribution is 6.15. The molecule has 0 bridgehead atoms. The summed E-state index contributed by atoms with van der Waals surface area (Å²) in [6, 6.07) is 62.5. The van der Waals surface area contributed by atoms with Gasteiger partial charge in [-0.15, -0.1) is 0 Å². The van der Waals surface area contributed by atoms with Gasteiger partial charge in [0.25, 0.3) is 0 Å². The Morgan fingerprint density at radius 3 is 1.78 bits per heavy atom. The molecule has 0 fully saturated rings. The minimum absolute atomic E-state index is 0.858. The summed E-state index contributed by atoms with van der Waals surface area (Å²) in [5, 5.41) is 8.25. The van der Waals surface area contributed by atoms with Crippen LogP contribution in [0.25, 0.3) is 76.6 Å². The molecule has 0 atom stereocenters. The number of pyridine rings is 1. The first-order valence-electron chi connectivity index (χ1n) is 16.9. The number of aromatic nitrogens is 1. The second kappa shape index (κ2) is 11.5. The van der Waals surface area contributed by atoms with Crippen LogP contribution >= 0.6 is 0 Å². The van der Waals surface area contributed by atoms with Gasteiger partial charge in [-0.3, -0.25) is 4.98 Å². The standard InChI is InChI=1S/C47H30N2O/c1-2-8-31(9-3-1)32-16-21-37(22-17-32)49(39-29-44-45(48-30-39)27-26-43-42-12-6-7-13-46(42)50-47(43)44)38-23-18-33(19-24-38)35-20-25-41-36(28-35)15-14-34-10-4-5-11-40(34)41/h1-30H. The number of nitrogens with zero attached hydrogens (tertiary/aromatic N) is 2. The SMILES string of the molecule is c1ccc(-c2ccc(N(c3ccc(-c4ccc5c(ccc6ccccc65)c4)cc3)c3cnc4ccc5c6ccccc6oc5c4c3)cc2)cc1. The molecule has 3 heteroatoms. The predicted octanol–water partition coefficient (Wildman–Crippen LogP) is 13.2. The molecule has 0 amide bonds. The molecule has 0 spiro atoms. The molecule has 8 aromatic carbocycles. The zero-order valence-corrected chi connectivity index (χ0v) is 27.1. The van der Waals surface area contributed by atoms with Gasteiger partial charge >= 0.3 is 0 Å². The van der Waals surface area contributed by atoms with Crippen LogP contribution in [0.3, 0.4) is 0 Å². The Balaban J connectivity index is 1.09. The van der Waals surface area contributed by atoms with Gasteiger partial charge in [0.15, 0.2) is 0 Å². The molecule has 0 saturated heterocycles. The third-order valence-electron chi connectivity index (χ3n) is 9.89. The van der Waals surface area contributed by atoms with Gasteiger partial charge in [0.1, 0.15) is 11.2 Å². The second-order valence-electron chi connectivity index (χ2n) is 12.8. The molecule has 50 heavy (non-hydrogen) atoms. The van der Waals surface area contributed by atoms with E-state index in [4.69, 9.17) is 9.40 Å². The van der Waals surface area contributed by atoms with Crippen molar-refractivity contribution in [2.45, 2.75) is 0 Å². The highest BCUT2D eigenvalue weighted by Crippen LogP contribution is 2.40. The predicted molar refractivity (Wildman–Crippen MR) is 210 cm³/mol. The number of anilines is 3. The molecule has 2 heterocycles. The Bertz CT molecular complexity index is 2850. The van der Waals surface area contributed by atoms with E-state index in [1.54, 1.807) is 0 Å². The summed E-state index contributed by atoms with van der Waals surface area (Å²) in [7, 11) is 0. The molecule has 3 nitrogen and oxygen atoms in total. The van der Waals surface area contributed by atoms with Crippen LogP contribution in [-0.4, -0.2) is 4.98 Å². The molecule has 0 aliphatic rings. The Morgan fingerprint density at radius 2 is 0.980 bits per heavy atom. The van der Waals surface area contributed by atoms with Crippen molar-refractivity contribution >= 4 is 71.4 Å². The first-order valence-corrected chi connectivity index (χ1v) is 16.9. The van der Waals surface area contributed by atoms with Gasteiger partial charge in [-0.25, -0.2) is 0 Å². The number of para-hydroxylation sites is 1. The quantitative estimate of drug-likeness (QED) is 0.176. The minimum atomic E-state index is 0.858. The average Bonchev–Trinajstić information content (AvgIpc) is 3.58. The van der Waals surface area contributed by atoms with Crippen LogP contribution in [0, 0.1) is 0 Å². The third kappa shape index (κ3) is 4.71. The van der Waals surface area contributed by atoms with E-state index in [9.17, 15) is 0 Å². The van der Waals surface area contributed by atoms with Crippen molar-refractivity contribution in [1.82, 2.24) is 4.98 Å². The molecule has 2 aromatic heterocycles. The zero-order valence-electron chi connectivity index (χ0n) is 27.1. The smallest absolute Gasteiger partial charge is 0.144 e. The minimum Gasteiger partial charge on any atom is -0.455 e. The number of rotatable bonds is 5. The fraction of sp³-hybridized carbons (Fsp3) is 0. The number of hydrogen-bond acceptors (Lipinski definition) is 3. The molecule has 234 valence electrons. The summed E-state index contributed by atoms with van der Waals surface area (Å²) >= 11 is 0. The summed E-state index contributed by atoms with van der Waals surface area (Å²) in [6.45, 7) is 0. The number of fused-ring (bicyclic) bond motifs is 8. The van der Waals surface area contributed by atoms with Crippen LogP contribution in [-0.2, 0) is 0 Å². The lowest BCUT2D eigenvalue weighted by atomic mass is 9.97. The second-order valence-corrected chi connectivity index (χ2v) is 12.8. The number of hydrogen-bond donors (Lipinski definition) is 0. The van der Waals surface area contributed by atoms with E-state index in [-0.39, 0.29) is 0 Å². The van der Waals surface area contributed by atoms with E-state index in [0.29, 0.717) is 0 Å². The van der Waals surface area contributed by atoms with Gasteiger partial charge in [-0.05, 0) is 98.4 Å². The maximum atomic E-state index is 6.44. The lowest BCUT2D eigenvalue weighted by molar-refractivity contribution is 0.672. The first kappa shape index (κ1) is 28.3. The van der Waals surface area contributed by atoms with Gasteiger partial charge in [-0.1, -0.05) is 121 Å². The van der Waals surface area contributed by atoms with E-state index >= 15 is 0 Å². The van der Waals surface area contributed by atoms with Gasteiger partial charge in [0.2, 0.25) is 0 Å². The molecule has 10 rings (SSSR count). The zero-order chi connectivity index (χ0) is 33.0. The van der Waals surface area contributed by atoms with Crippen LogP contribution in [0.2, 0.25) is 0 Å². The van der Waals surface area contributed by atoms with Crippen molar-refractivity contribution in [3.8, 4) is 22.3 Å². The molecular weight excluding hydrogens is 609 g/mol. The molecule has 0 aliphatic carbocycles. The van der Waals surface area contributed by atoms with Crippen molar-refractivity contribution in [3.63, 3.8) is 0 Å². The molecule has 0 aliphatic heterocycles. The molecule has 10 aromatic rings. The summed E-state index contributed by atoms with van der Waals surface area (Å²) in [5.74, 6) is 0. The molecule has 0 saturated carbocycles. The lowest BCUT2D eigenvalue weighted by Crippen LogP contribution is -2.10. The number of furan rings is 1. The Kier molecular flexibility index (Phi) is 6.49. The normalized spacial score (nSPS) is 11.6. The van der Waals surface area contributed by atoms with Crippen LogP contribution in [0.5, 0.6) is 0 Å². The lowest BCUT2D eigenvalue weighted by Gasteiger charge is -2.26. The topological polar surface area (TPSA) is 29.3 Å². The summed E-state index contributed by atoms with van der Waals surface area (Å²) in [4.78, 5) is 7.23. The molecule has 0 radical (unpaired) electrons. The third-order valence-corrected chi connectivity index (χ3v) is 9.89. The van der Waals surface area contributed by atoms with Gasteiger partial charge in [-0.2, -0.15) is 0 Å². The van der Waals surface area contributed by atoms with E-state index in [0.717, 1.165) is 49.9 Å². The summed E-state index contributed by atoms with van der Waals surface area (Å²) in [6.07, 6.45) is 1.96. The van der Waals surface area contributed by atoms with Crippen molar-refractivity contribution in [2.75, 3.05) is 4.90 Å². The van der Waals surface area contributed by atoms with E-state index < -0.39 is 0 Å². The highest BCUT2D eigenvalue weighted by Gasteiger charge is 2.17. The van der Waals surface area contributed by atoms with Gasteiger partial charge in [0, 0.05) is 27.5 Å². The monoisotopic (exact) mass is 638 g/mol. The Morgan fingerprint density at radius 1 is 0.380 bits per heavy atom. The summed E-state index contributed by atoms with van der Waals surface area (Å²) in [5.41, 5.74) is 10.4. The van der Waals surface area contributed by atoms with Gasteiger partial charge in [0.05, 0.1) is 17.4 Å². The van der Waals surface area contributed by atoms with E-state index in [1.807, 2.05) is 18.3 Å². The number of benzene rings is 8. The van der Waals surface area contributed by atoms with Crippen LogP contribution in [0.15, 0.2) is 187 Å². The first-order chi connectivity index (χ1) is 24.8. The van der Waals surface area contributed by atoms with Crippen LogP contribution in [0.4, 0.5) is 17.1 Å². The van der Waals surface area contributed by atoms with Gasteiger partial charge < -0.3 is 9.32 Å². The molecule has 0 unspecified atom stereocenters. The van der Waals surface area contributed by atoms with E-state index in [2.05, 4.69) is 169 Å². The molecular formula is C47H30N2O. The highest BCUT2D eigenvalue weighted by atomic mass is 16.3. The van der Waals surface area contributed by atoms with Crippen LogP contribution < -0.4 is 4.90 Å². The van der Waals surface area contributed by atoms with Crippen molar-refractivity contribution in [3.05, 3.63) is 182 Å². The Labute approximate surface area is 289 Å². The maximum Gasteiger partial charge on any atom is 0.144 e.